The van der Waals surface area contributed by atoms with Crippen molar-refractivity contribution in [3.63, 3.8) is 0 Å². The molecule has 0 amide bonds. The average Bonchev–Trinajstić information content (AvgIpc) is 2.20. The molecule has 0 saturated carbocycles. The van der Waals surface area contributed by atoms with Crippen molar-refractivity contribution in [3.05, 3.63) is 41.7 Å². The minimum Gasteiger partial charge on any atom is -0.491 e. The van der Waals surface area contributed by atoms with Gasteiger partial charge in [0.15, 0.2) is 5.76 Å². The van der Waals surface area contributed by atoms with Gasteiger partial charge in [-0.2, -0.15) is 0 Å². The van der Waals surface area contributed by atoms with Gasteiger partial charge in [-0.15, -0.1) is 0 Å². The molecule has 1 aliphatic rings. The molecule has 2 rings (SSSR count). The van der Waals surface area contributed by atoms with Gasteiger partial charge in [0, 0.05) is 5.56 Å². The molecule has 0 aliphatic carbocycles. The van der Waals surface area contributed by atoms with E-state index in [1.807, 2.05) is 37.3 Å². The molecule has 0 spiro atoms. The number of allylic oxidation sites excluding steroid dienone is 1. The monoisotopic (exact) mass is 176 g/mol. The van der Waals surface area contributed by atoms with Crippen LogP contribution in [0.1, 0.15) is 12.5 Å². The fourth-order valence-electron chi connectivity index (χ4n) is 1.38. The molecule has 0 unspecified atom stereocenters. The summed E-state index contributed by atoms with van der Waals surface area (Å²) in [4.78, 5) is 0. The third kappa shape index (κ3) is 1.66. The lowest BCUT2D eigenvalue weighted by molar-refractivity contribution is 0.103. The van der Waals surface area contributed by atoms with Crippen LogP contribution >= 0.6 is 0 Å². The summed E-state index contributed by atoms with van der Waals surface area (Å²) in [5, 5.41) is 0. The molecule has 1 heterocycles. The summed E-state index contributed by atoms with van der Waals surface area (Å²) in [6.07, 6.45) is 0. The van der Waals surface area contributed by atoms with Crippen LogP contribution in [0.2, 0.25) is 0 Å². The lowest BCUT2D eigenvalue weighted by Gasteiger charge is -2.19. The molecule has 68 valence electrons. The van der Waals surface area contributed by atoms with Crippen molar-refractivity contribution in [2.75, 3.05) is 13.2 Å². The van der Waals surface area contributed by atoms with Gasteiger partial charge in [0.1, 0.15) is 19.0 Å². The van der Waals surface area contributed by atoms with Crippen LogP contribution in [-0.2, 0) is 9.47 Å². The standard InChI is InChI=1S/C11H12O2/c1-9-11(13-8-7-12-9)10-5-3-2-4-6-10/h2-6H,7-8H2,1H3. The minimum atomic E-state index is 0.640. The highest BCUT2D eigenvalue weighted by Gasteiger charge is 2.12. The van der Waals surface area contributed by atoms with Crippen LogP contribution in [0, 0.1) is 0 Å². The van der Waals surface area contributed by atoms with Gasteiger partial charge in [-0.25, -0.2) is 0 Å². The number of benzene rings is 1. The molecule has 2 heteroatoms. The second-order valence-corrected chi connectivity index (χ2v) is 2.95. The minimum absolute atomic E-state index is 0.640. The Morgan fingerprint density at radius 3 is 2.38 bits per heavy atom. The molecule has 0 radical (unpaired) electrons. The van der Waals surface area contributed by atoms with E-state index < -0.39 is 0 Å². The molecular formula is C11H12O2. The Bertz CT molecular complexity index is 314. The molecule has 1 aromatic carbocycles. The molecule has 1 aliphatic heterocycles. The maximum atomic E-state index is 5.53. The molecular weight excluding hydrogens is 164 g/mol. The summed E-state index contributed by atoms with van der Waals surface area (Å²) in [6.45, 7) is 3.23. The Kier molecular flexibility index (Phi) is 2.21. The van der Waals surface area contributed by atoms with E-state index in [-0.39, 0.29) is 0 Å². The largest absolute Gasteiger partial charge is 0.491 e. The van der Waals surface area contributed by atoms with Gasteiger partial charge in [0.25, 0.3) is 0 Å². The number of hydrogen-bond donors (Lipinski definition) is 0. The Morgan fingerprint density at radius 2 is 1.69 bits per heavy atom. The summed E-state index contributed by atoms with van der Waals surface area (Å²) in [5.74, 6) is 1.74. The van der Waals surface area contributed by atoms with E-state index in [1.54, 1.807) is 0 Å². The average molecular weight is 176 g/mol. The summed E-state index contributed by atoms with van der Waals surface area (Å²) in [7, 11) is 0. The van der Waals surface area contributed by atoms with Gasteiger partial charge in [0.05, 0.1) is 0 Å². The Morgan fingerprint density at radius 1 is 1.00 bits per heavy atom. The fraction of sp³-hybridized carbons (Fsp3) is 0.273. The highest BCUT2D eigenvalue weighted by Crippen LogP contribution is 2.23. The van der Waals surface area contributed by atoms with E-state index in [2.05, 4.69) is 0 Å². The van der Waals surface area contributed by atoms with Crippen molar-refractivity contribution in [1.29, 1.82) is 0 Å². The van der Waals surface area contributed by atoms with Gasteiger partial charge in [-0.1, -0.05) is 30.3 Å². The normalized spacial score (nSPS) is 16.4. The van der Waals surface area contributed by atoms with Gasteiger partial charge >= 0.3 is 0 Å². The van der Waals surface area contributed by atoms with Crippen molar-refractivity contribution in [2.45, 2.75) is 6.92 Å². The predicted octanol–water partition coefficient (Wildman–Crippen LogP) is 2.42. The van der Waals surface area contributed by atoms with Crippen LogP contribution in [0.3, 0.4) is 0 Å². The predicted molar refractivity (Wildman–Crippen MR) is 50.9 cm³/mol. The topological polar surface area (TPSA) is 18.5 Å². The zero-order chi connectivity index (χ0) is 9.10. The van der Waals surface area contributed by atoms with Crippen molar-refractivity contribution < 1.29 is 9.47 Å². The Labute approximate surface area is 77.8 Å². The van der Waals surface area contributed by atoms with E-state index in [0.717, 1.165) is 17.1 Å². The van der Waals surface area contributed by atoms with Gasteiger partial charge in [-0.05, 0) is 6.92 Å². The first-order chi connectivity index (χ1) is 6.38. The third-order valence-corrected chi connectivity index (χ3v) is 2.00. The van der Waals surface area contributed by atoms with Crippen molar-refractivity contribution in [3.8, 4) is 0 Å². The maximum absolute atomic E-state index is 5.53. The molecule has 0 aromatic heterocycles. The lowest BCUT2D eigenvalue weighted by atomic mass is 10.1. The SMILES string of the molecule is CC1=C(c2ccccc2)OCCO1. The van der Waals surface area contributed by atoms with Gasteiger partial charge in [-0.3, -0.25) is 0 Å². The highest BCUT2D eigenvalue weighted by molar-refractivity contribution is 5.61. The van der Waals surface area contributed by atoms with Crippen LogP contribution in [0.5, 0.6) is 0 Å². The smallest absolute Gasteiger partial charge is 0.163 e. The second kappa shape index (κ2) is 3.52. The third-order valence-electron chi connectivity index (χ3n) is 2.00. The molecule has 1 aromatic rings. The van der Waals surface area contributed by atoms with E-state index in [1.165, 1.54) is 0 Å². The van der Waals surface area contributed by atoms with E-state index in [9.17, 15) is 0 Å². The quantitative estimate of drug-likeness (QED) is 0.654. The van der Waals surface area contributed by atoms with Gasteiger partial charge in [0.2, 0.25) is 0 Å². The summed E-state index contributed by atoms with van der Waals surface area (Å²) in [5.41, 5.74) is 1.08. The second-order valence-electron chi connectivity index (χ2n) is 2.95. The molecule has 13 heavy (non-hydrogen) atoms. The Balaban J connectivity index is 2.35. The van der Waals surface area contributed by atoms with Gasteiger partial charge < -0.3 is 9.47 Å². The molecule has 0 N–H and O–H groups in total. The highest BCUT2D eigenvalue weighted by atomic mass is 16.6. The maximum Gasteiger partial charge on any atom is 0.163 e. The first-order valence-electron chi connectivity index (χ1n) is 4.40. The number of rotatable bonds is 1. The molecule has 0 fully saturated rings. The van der Waals surface area contributed by atoms with E-state index >= 15 is 0 Å². The van der Waals surface area contributed by atoms with Crippen molar-refractivity contribution >= 4 is 5.76 Å². The van der Waals surface area contributed by atoms with Crippen LogP contribution in [-0.4, -0.2) is 13.2 Å². The number of ether oxygens (including phenoxy) is 2. The lowest BCUT2D eigenvalue weighted by Crippen LogP contribution is -2.11. The van der Waals surface area contributed by atoms with Crippen molar-refractivity contribution in [2.24, 2.45) is 0 Å². The summed E-state index contributed by atoms with van der Waals surface area (Å²) < 4.78 is 10.9. The zero-order valence-corrected chi connectivity index (χ0v) is 7.62. The van der Waals surface area contributed by atoms with Crippen LogP contribution < -0.4 is 0 Å². The van der Waals surface area contributed by atoms with Crippen LogP contribution in [0.4, 0.5) is 0 Å². The first kappa shape index (κ1) is 8.17. The summed E-state index contributed by atoms with van der Waals surface area (Å²) >= 11 is 0. The van der Waals surface area contributed by atoms with Crippen molar-refractivity contribution in [1.82, 2.24) is 0 Å². The van der Waals surface area contributed by atoms with Crippen LogP contribution in [0.25, 0.3) is 5.76 Å². The fourth-order valence-corrected chi connectivity index (χ4v) is 1.38. The molecule has 0 bridgehead atoms. The number of hydrogen-bond acceptors (Lipinski definition) is 2. The summed E-state index contributed by atoms with van der Waals surface area (Å²) in [6, 6.07) is 10.0. The Hall–Kier alpha value is -1.44. The van der Waals surface area contributed by atoms with Crippen LogP contribution in [0.15, 0.2) is 36.1 Å². The first-order valence-corrected chi connectivity index (χ1v) is 4.40. The molecule has 0 atom stereocenters. The van der Waals surface area contributed by atoms with E-state index in [4.69, 9.17) is 9.47 Å². The molecule has 2 nitrogen and oxygen atoms in total. The van der Waals surface area contributed by atoms with E-state index in [0.29, 0.717) is 13.2 Å². The molecule has 0 saturated heterocycles. The zero-order valence-electron chi connectivity index (χ0n) is 7.62.